The van der Waals surface area contributed by atoms with Gasteiger partial charge in [0.05, 0.1) is 7.11 Å². The maximum atomic E-state index is 6.10. The maximum Gasteiger partial charge on any atom is 0.136 e. The number of hydrogen-bond acceptors (Lipinski definition) is 2. The highest BCUT2D eigenvalue weighted by atomic mass is 16.5. The molecular formula is C27H28O2. The summed E-state index contributed by atoms with van der Waals surface area (Å²) in [5, 5.41) is 2.33. The molecule has 3 aromatic carbocycles. The van der Waals surface area contributed by atoms with Gasteiger partial charge in [-0.15, -0.1) is 0 Å². The summed E-state index contributed by atoms with van der Waals surface area (Å²) in [5.41, 5.74) is 8.11. The average molecular weight is 385 g/mol. The van der Waals surface area contributed by atoms with Crippen LogP contribution in [0.3, 0.4) is 0 Å². The minimum absolute atomic E-state index is 0.926. The molecule has 2 nitrogen and oxygen atoms in total. The molecule has 0 radical (unpaired) electrons. The normalized spacial score (nSPS) is 13.0. The highest BCUT2D eigenvalue weighted by Crippen LogP contribution is 2.42. The first-order chi connectivity index (χ1) is 14.3. The summed E-state index contributed by atoms with van der Waals surface area (Å²) >= 11 is 0. The number of fused-ring (bicyclic) bond motifs is 3. The van der Waals surface area contributed by atoms with E-state index < -0.39 is 0 Å². The second-order valence-electron chi connectivity index (χ2n) is 7.32. The summed E-state index contributed by atoms with van der Waals surface area (Å²) in [7, 11) is 1.79. The van der Waals surface area contributed by atoms with Gasteiger partial charge in [-0.05, 0) is 61.1 Å². The van der Waals surface area contributed by atoms with Gasteiger partial charge in [-0.2, -0.15) is 0 Å². The van der Waals surface area contributed by atoms with Crippen molar-refractivity contribution in [3.63, 3.8) is 0 Å². The fourth-order valence-electron chi connectivity index (χ4n) is 4.11. The van der Waals surface area contributed by atoms with E-state index in [2.05, 4.69) is 49.4 Å². The number of para-hydroxylation sites is 1. The number of hydrogen-bond donors (Lipinski definition) is 0. The Bertz CT molecular complexity index is 1190. The minimum atomic E-state index is 0.926. The van der Waals surface area contributed by atoms with Gasteiger partial charge in [-0.3, -0.25) is 0 Å². The number of ether oxygens (including phenoxy) is 1. The summed E-state index contributed by atoms with van der Waals surface area (Å²) in [4.78, 5) is 0. The van der Waals surface area contributed by atoms with Crippen LogP contribution in [0.2, 0.25) is 0 Å². The molecular weight excluding hydrogens is 356 g/mol. The van der Waals surface area contributed by atoms with E-state index in [1.807, 2.05) is 32.0 Å². The van der Waals surface area contributed by atoms with Crippen molar-refractivity contribution in [3.8, 4) is 11.1 Å². The van der Waals surface area contributed by atoms with Crippen molar-refractivity contribution in [2.75, 3.05) is 7.11 Å². The molecule has 29 heavy (non-hydrogen) atoms. The average Bonchev–Trinajstić information content (AvgIpc) is 3.11. The highest BCUT2D eigenvalue weighted by molar-refractivity contribution is 6.13. The van der Waals surface area contributed by atoms with Crippen LogP contribution < -0.4 is 0 Å². The van der Waals surface area contributed by atoms with Crippen LogP contribution in [0, 0.1) is 6.92 Å². The number of benzene rings is 3. The zero-order valence-corrected chi connectivity index (χ0v) is 17.7. The van der Waals surface area contributed by atoms with Gasteiger partial charge in [0.15, 0.2) is 0 Å². The van der Waals surface area contributed by atoms with E-state index in [0.29, 0.717) is 0 Å². The van der Waals surface area contributed by atoms with Gasteiger partial charge in [0.25, 0.3) is 0 Å². The van der Waals surface area contributed by atoms with E-state index in [4.69, 9.17) is 9.15 Å². The Balaban J connectivity index is 0.000000994. The van der Waals surface area contributed by atoms with E-state index >= 15 is 0 Å². The van der Waals surface area contributed by atoms with E-state index in [0.717, 1.165) is 35.2 Å². The molecule has 1 saturated carbocycles. The van der Waals surface area contributed by atoms with Crippen LogP contribution in [0.15, 0.2) is 70.7 Å². The van der Waals surface area contributed by atoms with Gasteiger partial charge in [-0.25, -0.2) is 0 Å². The van der Waals surface area contributed by atoms with Crippen molar-refractivity contribution in [1.29, 1.82) is 0 Å². The molecule has 1 fully saturated rings. The molecule has 2 heteroatoms. The molecule has 148 valence electrons. The molecule has 1 aliphatic carbocycles. The van der Waals surface area contributed by atoms with Gasteiger partial charge >= 0.3 is 0 Å². The first kappa shape index (κ1) is 19.3. The molecule has 5 rings (SSSR count). The third-order valence-corrected chi connectivity index (χ3v) is 5.59. The van der Waals surface area contributed by atoms with Crippen molar-refractivity contribution in [2.24, 2.45) is 0 Å². The van der Waals surface area contributed by atoms with E-state index in [-0.39, 0.29) is 0 Å². The minimum Gasteiger partial charge on any atom is -0.496 e. The predicted molar refractivity (Wildman–Crippen MR) is 123 cm³/mol. The highest BCUT2D eigenvalue weighted by Gasteiger charge is 2.21. The summed E-state index contributed by atoms with van der Waals surface area (Å²) in [6.45, 7) is 6.14. The van der Waals surface area contributed by atoms with Gasteiger partial charge in [-0.1, -0.05) is 61.9 Å². The van der Waals surface area contributed by atoms with Crippen molar-refractivity contribution >= 4 is 27.7 Å². The molecule has 0 N–H and O–H groups in total. The monoisotopic (exact) mass is 384 g/mol. The largest absolute Gasteiger partial charge is 0.496 e. The zero-order chi connectivity index (χ0) is 20.4. The molecule has 0 atom stereocenters. The van der Waals surface area contributed by atoms with Gasteiger partial charge in [0.1, 0.15) is 16.9 Å². The van der Waals surface area contributed by atoms with E-state index in [9.17, 15) is 0 Å². The second-order valence-corrected chi connectivity index (χ2v) is 7.32. The third kappa shape index (κ3) is 3.33. The quantitative estimate of drug-likeness (QED) is 0.333. The molecule has 0 aliphatic heterocycles. The smallest absolute Gasteiger partial charge is 0.136 e. The molecule has 1 aromatic heterocycles. The fourth-order valence-corrected chi connectivity index (χ4v) is 4.11. The third-order valence-electron chi connectivity index (χ3n) is 5.59. The van der Waals surface area contributed by atoms with Crippen LogP contribution in [0.5, 0.6) is 0 Å². The fraction of sp³-hybridized carbons (Fsp3) is 0.259. The Kier molecular flexibility index (Phi) is 5.44. The molecule has 4 aromatic rings. The Morgan fingerprint density at radius 1 is 0.862 bits per heavy atom. The lowest BCUT2D eigenvalue weighted by Gasteiger charge is -2.23. The molecule has 1 heterocycles. The van der Waals surface area contributed by atoms with E-state index in [1.165, 1.54) is 39.6 Å². The Morgan fingerprint density at radius 3 is 2.34 bits per heavy atom. The first-order valence-electron chi connectivity index (χ1n) is 10.5. The predicted octanol–water partition coefficient (Wildman–Crippen LogP) is 8.13. The molecule has 0 amide bonds. The van der Waals surface area contributed by atoms with Gasteiger partial charge < -0.3 is 9.15 Å². The van der Waals surface area contributed by atoms with Crippen LogP contribution in [0.4, 0.5) is 0 Å². The Morgan fingerprint density at radius 2 is 1.62 bits per heavy atom. The number of aryl methyl sites for hydroxylation is 1. The summed E-state index contributed by atoms with van der Waals surface area (Å²) < 4.78 is 12.0. The second kappa shape index (κ2) is 8.16. The van der Waals surface area contributed by atoms with E-state index in [1.54, 1.807) is 7.11 Å². The van der Waals surface area contributed by atoms with Gasteiger partial charge in [0, 0.05) is 16.3 Å². The lowest BCUT2D eigenvalue weighted by molar-refractivity contribution is 0.359. The Labute approximate surface area is 172 Å². The molecule has 0 unspecified atom stereocenters. The van der Waals surface area contributed by atoms with Crippen LogP contribution in [0.25, 0.3) is 38.8 Å². The van der Waals surface area contributed by atoms with Crippen molar-refractivity contribution in [1.82, 2.24) is 0 Å². The SMILES string of the molecule is CC.COC(=C1CCC1)c1cc(C)ccc1-c1cccc2oc3ccccc3c12. The van der Waals surface area contributed by atoms with Crippen molar-refractivity contribution < 1.29 is 9.15 Å². The van der Waals surface area contributed by atoms with Crippen molar-refractivity contribution in [3.05, 3.63) is 77.4 Å². The molecule has 0 saturated heterocycles. The zero-order valence-electron chi connectivity index (χ0n) is 17.7. The van der Waals surface area contributed by atoms with Crippen LogP contribution in [0.1, 0.15) is 44.2 Å². The molecule has 1 aliphatic rings. The van der Waals surface area contributed by atoms with Crippen LogP contribution in [-0.4, -0.2) is 7.11 Å². The van der Waals surface area contributed by atoms with Gasteiger partial charge in [0.2, 0.25) is 0 Å². The molecule has 0 bridgehead atoms. The number of furan rings is 1. The number of allylic oxidation sites excluding steroid dienone is 1. The summed E-state index contributed by atoms with van der Waals surface area (Å²) in [6, 6.07) is 21.2. The lowest BCUT2D eigenvalue weighted by atomic mass is 9.86. The van der Waals surface area contributed by atoms with Crippen molar-refractivity contribution in [2.45, 2.75) is 40.0 Å². The summed E-state index contributed by atoms with van der Waals surface area (Å²) in [5.74, 6) is 1.05. The standard InChI is InChI=1S/C25H22O2.C2H6/c1-16-13-14-18(21(15-16)25(26-2)17-7-5-8-17)19-10-6-12-23-24(19)20-9-3-4-11-22(20)27-23;1-2/h3-4,6,9-15H,5,7-8H2,1-2H3;1-2H3. The number of methoxy groups -OCH3 is 1. The Hall–Kier alpha value is -3.00. The topological polar surface area (TPSA) is 22.4 Å². The maximum absolute atomic E-state index is 6.10. The first-order valence-corrected chi connectivity index (χ1v) is 10.5. The summed E-state index contributed by atoms with van der Waals surface area (Å²) in [6.07, 6.45) is 3.52. The van der Waals surface area contributed by atoms with Crippen LogP contribution >= 0.6 is 0 Å². The lowest BCUT2D eigenvalue weighted by Crippen LogP contribution is -2.04. The molecule has 0 spiro atoms. The van der Waals surface area contributed by atoms with Crippen LogP contribution in [-0.2, 0) is 4.74 Å². The number of rotatable bonds is 3.